The molecular formula is C9H13NO. The van der Waals surface area contributed by atoms with Gasteiger partial charge in [-0.2, -0.15) is 0 Å². The minimum atomic E-state index is 0.553. The number of hydrogen-bond acceptors (Lipinski definition) is 2. The van der Waals surface area contributed by atoms with Gasteiger partial charge in [0.05, 0.1) is 6.26 Å². The molecule has 0 bridgehead atoms. The van der Waals surface area contributed by atoms with Gasteiger partial charge in [0, 0.05) is 6.42 Å². The van der Waals surface area contributed by atoms with Gasteiger partial charge in [-0.15, -0.1) is 0 Å². The maximum absolute atomic E-state index is 5.64. The Morgan fingerprint density at radius 2 is 2.55 bits per heavy atom. The molecule has 0 radical (unpaired) electrons. The molecule has 2 nitrogen and oxygen atoms in total. The van der Waals surface area contributed by atoms with E-state index < -0.39 is 0 Å². The second-order valence-corrected chi connectivity index (χ2v) is 3.12. The molecule has 1 aliphatic rings. The summed E-state index contributed by atoms with van der Waals surface area (Å²) in [7, 11) is 0. The molecule has 1 unspecified atom stereocenters. The molecule has 0 amide bonds. The summed E-state index contributed by atoms with van der Waals surface area (Å²) < 4.78 is 5.33. The first-order valence-electron chi connectivity index (χ1n) is 4.18. The van der Waals surface area contributed by atoms with E-state index in [-0.39, 0.29) is 0 Å². The summed E-state index contributed by atoms with van der Waals surface area (Å²) in [5, 5.41) is 0. The van der Waals surface area contributed by atoms with Gasteiger partial charge in [0.25, 0.3) is 0 Å². The molecule has 0 spiro atoms. The molecule has 0 saturated carbocycles. The van der Waals surface area contributed by atoms with Crippen molar-refractivity contribution in [3.63, 3.8) is 0 Å². The molecule has 0 saturated heterocycles. The van der Waals surface area contributed by atoms with E-state index in [2.05, 4.69) is 6.07 Å². The highest BCUT2D eigenvalue weighted by Gasteiger charge is 2.20. The van der Waals surface area contributed by atoms with Crippen LogP contribution in [0.15, 0.2) is 16.7 Å². The third kappa shape index (κ3) is 1.07. The highest BCUT2D eigenvalue weighted by Crippen LogP contribution is 2.31. The summed E-state index contributed by atoms with van der Waals surface area (Å²) in [4.78, 5) is 0. The second-order valence-electron chi connectivity index (χ2n) is 3.12. The third-order valence-electron chi connectivity index (χ3n) is 2.46. The second kappa shape index (κ2) is 2.70. The minimum Gasteiger partial charge on any atom is -0.469 e. The van der Waals surface area contributed by atoms with Gasteiger partial charge >= 0.3 is 0 Å². The van der Waals surface area contributed by atoms with Gasteiger partial charge in [-0.3, -0.25) is 0 Å². The van der Waals surface area contributed by atoms with Crippen molar-refractivity contribution in [1.29, 1.82) is 0 Å². The molecular weight excluding hydrogens is 138 g/mol. The van der Waals surface area contributed by atoms with E-state index >= 15 is 0 Å². The van der Waals surface area contributed by atoms with Gasteiger partial charge in [0.15, 0.2) is 0 Å². The average molecular weight is 151 g/mol. The van der Waals surface area contributed by atoms with Crippen LogP contribution in [0.25, 0.3) is 0 Å². The predicted octanol–water partition coefficient (Wildman–Crippen LogP) is 1.66. The molecule has 2 rings (SSSR count). The molecule has 60 valence electrons. The number of furan rings is 1. The Morgan fingerprint density at radius 1 is 1.64 bits per heavy atom. The first kappa shape index (κ1) is 6.92. The van der Waals surface area contributed by atoms with Crippen molar-refractivity contribution in [1.82, 2.24) is 0 Å². The quantitative estimate of drug-likeness (QED) is 0.663. The molecule has 1 heterocycles. The summed E-state index contributed by atoms with van der Waals surface area (Å²) in [6.45, 7) is 0.756. The fourth-order valence-corrected chi connectivity index (χ4v) is 1.83. The fourth-order valence-electron chi connectivity index (χ4n) is 1.83. The molecule has 11 heavy (non-hydrogen) atoms. The summed E-state index contributed by atoms with van der Waals surface area (Å²) in [6.07, 6.45) is 5.32. The first-order valence-corrected chi connectivity index (χ1v) is 4.18. The highest BCUT2D eigenvalue weighted by atomic mass is 16.3. The van der Waals surface area contributed by atoms with Gasteiger partial charge in [0.1, 0.15) is 5.76 Å². The van der Waals surface area contributed by atoms with Crippen LogP contribution < -0.4 is 5.73 Å². The lowest BCUT2D eigenvalue weighted by Crippen LogP contribution is -2.16. The van der Waals surface area contributed by atoms with Crippen LogP contribution in [0.3, 0.4) is 0 Å². The van der Waals surface area contributed by atoms with Crippen LogP contribution in [0.4, 0.5) is 0 Å². The fraction of sp³-hybridized carbons (Fsp3) is 0.556. The molecule has 1 aromatic rings. The highest BCUT2D eigenvalue weighted by molar-refractivity contribution is 5.24. The predicted molar refractivity (Wildman–Crippen MR) is 43.4 cm³/mol. The van der Waals surface area contributed by atoms with Gasteiger partial charge in [0.2, 0.25) is 0 Å². The monoisotopic (exact) mass is 151 g/mol. The molecule has 2 N–H and O–H groups in total. The number of rotatable bonds is 1. The minimum absolute atomic E-state index is 0.553. The topological polar surface area (TPSA) is 39.2 Å². The number of nitrogens with two attached hydrogens (primary N) is 1. The van der Waals surface area contributed by atoms with E-state index in [1.54, 1.807) is 6.26 Å². The zero-order valence-electron chi connectivity index (χ0n) is 6.55. The van der Waals surface area contributed by atoms with Gasteiger partial charge in [-0.1, -0.05) is 0 Å². The lowest BCUT2D eigenvalue weighted by molar-refractivity contribution is 0.452. The van der Waals surface area contributed by atoms with E-state index in [1.807, 2.05) is 0 Å². The SMILES string of the molecule is NCC1CCCc2occc21. The Hall–Kier alpha value is -0.760. The average Bonchev–Trinajstić information content (AvgIpc) is 2.50. The largest absolute Gasteiger partial charge is 0.469 e. The van der Waals surface area contributed by atoms with Crippen LogP contribution in [0.5, 0.6) is 0 Å². The van der Waals surface area contributed by atoms with Crippen LogP contribution in [-0.4, -0.2) is 6.54 Å². The zero-order chi connectivity index (χ0) is 7.68. The van der Waals surface area contributed by atoms with Crippen LogP contribution in [-0.2, 0) is 6.42 Å². The Labute approximate surface area is 66.4 Å². The molecule has 1 aromatic heterocycles. The van der Waals surface area contributed by atoms with Crippen molar-refractivity contribution >= 4 is 0 Å². The van der Waals surface area contributed by atoms with Gasteiger partial charge < -0.3 is 10.2 Å². The van der Waals surface area contributed by atoms with Crippen molar-refractivity contribution in [3.05, 3.63) is 23.7 Å². The van der Waals surface area contributed by atoms with Crippen LogP contribution >= 0.6 is 0 Å². The maximum atomic E-state index is 5.64. The van der Waals surface area contributed by atoms with Crippen LogP contribution in [0, 0.1) is 0 Å². The zero-order valence-corrected chi connectivity index (χ0v) is 6.55. The lowest BCUT2D eigenvalue weighted by atomic mass is 9.87. The smallest absolute Gasteiger partial charge is 0.107 e. The van der Waals surface area contributed by atoms with E-state index in [0.717, 1.165) is 18.7 Å². The van der Waals surface area contributed by atoms with E-state index in [1.165, 1.54) is 18.4 Å². The van der Waals surface area contributed by atoms with E-state index in [4.69, 9.17) is 10.2 Å². The molecule has 2 heteroatoms. The standard InChI is InChI=1S/C9H13NO/c10-6-7-2-1-3-9-8(7)4-5-11-9/h4-5,7H,1-3,6,10H2. The Kier molecular flexibility index (Phi) is 1.70. The summed E-state index contributed by atoms with van der Waals surface area (Å²) >= 11 is 0. The molecule has 0 aromatic carbocycles. The van der Waals surface area contributed by atoms with E-state index in [0.29, 0.717) is 5.92 Å². The Balaban J connectivity index is 2.32. The van der Waals surface area contributed by atoms with Gasteiger partial charge in [-0.25, -0.2) is 0 Å². The summed E-state index contributed by atoms with van der Waals surface area (Å²) in [6, 6.07) is 2.06. The Bertz CT molecular complexity index is 241. The van der Waals surface area contributed by atoms with Crippen molar-refractivity contribution in [3.8, 4) is 0 Å². The number of fused-ring (bicyclic) bond motifs is 1. The van der Waals surface area contributed by atoms with E-state index in [9.17, 15) is 0 Å². The summed E-state index contributed by atoms with van der Waals surface area (Å²) in [5.41, 5.74) is 6.98. The molecule has 1 atom stereocenters. The van der Waals surface area contributed by atoms with Crippen molar-refractivity contribution in [2.45, 2.75) is 25.2 Å². The van der Waals surface area contributed by atoms with Crippen LogP contribution in [0.2, 0.25) is 0 Å². The van der Waals surface area contributed by atoms with Crippen molar-refractivity contribution in [2.75, 3.05) is 6.54 Å². The summed E-state index contributed by atoms with van der Waals surface area (Å²) in [5.74, 6) is 1.71. The van der Waals surface area contributed by atoms with Crippen molar-refractivity contribution < 1.29 is 4.42 Å². The molecule has 0 fully saturated rings. The lowest BCUT2D eigenvalue weighted by Gasteiger charge is -2.19. The molecule has 1 aliphatic carbocycles. The normalized spacial score (nSPS) is 23.2. The van der Waals surface area contributed by atoms with Crippen LogP contribution in [0.1, 0.15) is 30.1 Å². The maximum Gasteiger partial charge on any atom is 0.107 e. The first-order chi connectivity index (χ1) is 5.42. The van der Waals surface area contributed by atoms with Crippen molar-refractivity contribution in [2.24, 2.45) is 5.73 Å². The Morgan fingerprint density at radius 3 is 3.36 bits per heavy atom. The molecule has 0 aliphatic heterocycles. The van der Waals surface area contributed by atoms with Gasteiger partial charge in [-0.05, 0) is 36.9 Å². The third-order valence-corrected chi connectivity index (χ3v) is 2.46. The number of hydrogen-bond donors (Lipinski definition) is 1. The number of aryl methyl sites for hydroxylation is 1.